The van der Waals surface area contributed by atoms with Crippen molar-refractivity contribution >= 4 is 5.97 Å². The van der Waals surface area contributed by atoms with Gasteiger partial charge in [0.1, 0.15) is 5.75 Å². The van der Waals surface area contributed by atoms with Gasteiger partial charge in [-0.1, -0.05) is 36.4 Å². The second kappa shape index (κ2) is 7.48. The number of carbonyl (C=O) groups is 1. The van der Waals surface area contributed by atoms with E-state index in [1.54, 1.807) is 7.11 Å². The highest BCUT2D eigenvalue weighted by Crippen LogP contribution is 2.31. The molecule has 3 heteroatoms. The number of rotatable bonds is 6. The van der Waals surface area contributed by atoms with Crippen LogP contribution in [0, 0.1) is 0 Å². The lowest BCUT2D eigenvalue weighted by atomic mass is 9.99. The van der Waals surface area contributed by atoms with Crippen LogP contribution in [-0.2, 0) is 16.0 Å². The Hall–Kier alpha value is -2.29. The van der Waals surface area contributed by atoms with Crippen LogP contribution in [0.4, 0.5) is 0 Å². The Morgan fingerprint density at radius 3 is 2.48 bits per heavy atom. The lowest BCUT2D eigenvalue weighted by Crippen LogP contribution is -2.00. The Bertz CT molecular complexity index is 591. The van der Waals surface area contributed by atoms with Gasteiger partial charge in [-0.25, -0.2) is 0 Å². The first kappa shape index (κ1) is 15.1. The van der Waals surface area contributed by atoms with Crippen LogP contribution in [-0.4, -0.2) is 20.2 Å². The predicted octanol–water partition coefficient (Wildman–Crippen LogP) is 3.86. The zero-order valence-corrected chi connectivity index (χ0v) is 12.5. The fraction of sp³-hybridized carbons (Fsp3) is 0.278. The zero-order valence-electron chi connectivity index (χ0n) is 12.5. The Morgan fingerprint density at radius 1 is 1.05 bits per heavy atom. The smallest absolute Gasteiger partial charge is 0.305 e. The van der Waals surface area contributed by atoms with E-state index in [1.165, 1.54) is 12.7 Å². The van der Waals surface area contributed by atoms with Crippen LogP contribution in [0.25, 0.3) is 11.1 Å². The summed E-state index contributed by atoms with van der Waals surface area (Å²) in [5, 5.41) is 0. The maximum Gasteiger partial charge on any atom is 0.305 e. The third-order valence-electron chi connectivity index (χ3n) is 3.42. The third kappa shape index (κ3) is 4.09. The standard InChI is InChI=1S/C18H20O3/c1-20-17-12-11-14(7-6-10-18(19)21-2)13-16(17)15-8-4-3-5-9-15/h3-5,8-9,11-13H,6-7,10H2,1-2H3. The fourth-order valence-electron chi connectivity index (χ4n) is 2.29. The normalized spacial score (nSPS) is 10.2. The summed E-state index contributed by atoms with van der Waals surface area (Å²) in [4.78, 5) is 11.1. The largest absolute Gasteiger partial charge is 0.496 e. The highest BCUT2D eigenvalue weighted by atomic mass is 16.5. The molecule has 0 fully saturated rings. The summed E-state index contributed by atoms with van der Waals surface area (Å²) in [6.07, 6.45) is 2.08. The number of methoxy groups -OCH3 is 2. The molecule has 110 valence electrons. The monoisotopic (exact) mass is 284 g/mol. The Morgan fingerprint density at radius 2 is 1.81 bits per heavy atom. The predicted molar refractivity (Wildman–Crippen MR) is 83.4 cm³/mol. The minimum Gasteiger partial charge on any atom is -0.496 e. The van der Waals surface area contributed by atoms with E-state index in [0.29, 0.717) is 6.42 Å². The van der Waals surface area contributed by atoms with Gasteiger partial charge in [-0.3, -0.25) is 4.79 Å². The summed E-state index contributed by atoms with van der Waals surface area (Å²) >= 11 is 0. The van der Waals surface area contributed by atoms with Gasteiger partial charge in [0, 0.05) is 12.0 Å². The number of hydrogen-bond acceptors (Lipinski definition) is 3. The number of carbonyl (C=O) groups excluding carboxylic acids is 1. The van der Waals surface area contributed by atoms with Crippen molar-refractivity contribution in [2.75, 3.05) is 14.2 Å². The van der Waals surface area contributed by atoms with Gasteiger partial charge in [0.05, 0.1) is 14.2 Å². The highest BCUT2D eigenvalue weighted by molar-refractivity contribution is 5.71. The van der Waals surface area contributed by atoms with Crippen LogP contribution in [0.2, 0.25) is 0 Å². The van der Waals surface area contributed by atoms with E-state index < -0.39 is 0 Å². The summed E-state index contributed by atoms with van der Waals surface area (Å²) in [5.74, 6) is 0.699. The van der Waals surface area contributed by atoms with Crippen LogP contribution >= 0.6 is 0 Å². The molecule has 0 N–H and O–H groups in total. The molecule has 0 atom stereocenters. The quantitative estimate of drug-likeness (QED) is 0.756. The number of benzene rings is 2. The minimum absolute atomic E-state index is 0.160. The molecule has 2 rings (SSSR count). The van der Waals surface area contributed by atoms with Crippen LogP contribution in [0.5, 0.6) is 5.75 Å². The summed E-state index contributed by atoms with van der Waals surface area (Å²) in [6, 6.07) is 16.3. The number of aryl methyl sites for hydroxylation is 1. The first-order chi connectivity index (χ1) is 10.2. The van der Waals surface area contributed by atoms with E-state index in [2.05, 4.69) is 22.9 Å². The molecule has 3 nitrogen and oxygen atoms in total. The molecule has 0 spiro atoms. The molecule has 0 aromatic heterocycles. The van der Waals surface area contributed by atoms with E-state index in [0.717, 1.165) is 29.7 Å². The second-order valence-corrected chi connectivity index (χ2v) is 4.83. The molecule has 0 heterocycles. The van der Waals surface area contributed by atoms with Crippen molar-refractivity contribution in [3.8, 4) is 16.9 Å². The van der Waals surface area contributed by atoms with E-state index in [1.807, 2.05) is 30.3 Å². The maximum atomic E-state index is 11.1. The van der Waals surface area contributed by atoms with E-state index >= 15 is 0 Å². The molecule has 2 aromatic rings. The first-order valence-electron chi connectivity index (χ1n) is 7.03. The summed E-state index contributed by atoms with van der Waals surface area (Å²) < 4.78 is 10.1. The Kier molecular flexibility index (Phi) is 5.38. The molecule has 0 bridgehead atoms. The number of ether oxygens (including phenoxy) is 2. The minimum atomic E-state index is -0.160. The first-order valence-corrected chi connectivity index (χ1v) is 7.03. The maximum absolute atomic E-state index is 11.1. The summed E-state index contributed by atoms with van der Waals surface area (Å²) in [7, 11) is 3.10. The summed E-state index contributed by atoms with van der Waals surface area (Å²) in [6.45, 7) is 0. The van der Waals surface area contributed by atoms with Gasteiger partial charge in [-0.2, -0.15) is 0 Å². The Balaban J connectivity index is 2.16. The fourth-order valence-corrected chi connectivity index (χ4v) is 2.29. The molecule has 21 heavy (non-hydrogen) atoms. The van der Waals surface area contributed by atoms with Crippen molar-refractivity contribution in [2.24, 2.45) is 0 Å². The van der Waals surface area contributed by atoms with Gasteiger partial charge in [0.15, 0.2) is 0 Å². The van der Waals surface area contributed by atoms with Crippen molar-refractivity contribution < 1.29 is 14.3 Å². The molecule has 0 amide bonds. The van der Waals surface area contributed by atoms with Crippen molar-refractivity contribution in [2.45, 2.75) is 19.3 Å². The molecule has 2 aromatic carbocycles. The molecule has 0 saturated heterocycles. The van der Waals surface area contributed by atoms with Gasteiger partial charge in [-0.05, 0) is 36.1 Å². The molecule has 0 aliphatic rings. The second-order valence-electron chi connectivity index (χ2n) is 4.83. The van der Waals surface area contributed by atoms with Crippen LogP contribution in [0.3, 0.4) is 0 Å². The SMILES string of the molecule is COC(=O)CCCc1ccc(OC)c(-c2ccccc2)c1. The van der Waals surface area contributed by atoms with Gasteiger partial charge in [0.25, 0.3) is 0 Å². The van der Waals surface area contributed by atoms with Crippen molar-refractivity contribution in [3.63, 3.8) is 0 Å². The van der Waals surface area contributed by atoms with Crippen molar-refractivity contribution in [3.05, 3.63) is 54.1 Å². The zero-order chi connectivity index (χ0) is 15.1. The highest BCUT2D eigenvalue weighted by Gasteiger charge is 2.07. The molecule has 0 saturated carbocycles. The van der Waals surface area contributed by atoms with Gasteiger partial charge in [0.2, 0.25) is 0 Å². The molecular weight excluding hydrogens is 264 g/mol. The van der Waals surface area contributed by atoms with Gasteiger partial charge >= 0.3 is 5.97 Å². The average molecular weight is 284 g/mol. The van der Waals surface area contributed by atoms with Crippen LogP contribution in [0.15, 0.2) is 48.5 Å². The van der Waals surface area contributed by atoms with E-state index in [-0.39, 0.29) is 5.97 Å². The van der Waals surface area contributed by atoms with E-state index in [9.17, 15) is 4.79 Å². The molecule has 0 unspecified atom stereocenters. The Labute approximate surface area is 125 Å². The number of hydrogen-bond donors (Lipinski definition) is 0. The topological polar surface area (TPSA) is 35.5 Å². The molecular formula is C18H20O3. The summed E-state index contributed by atoms with van der Waals surface area (Å²) in [5.41, 5.74) is 3.40. The van der Waals surface area contributed by atoms with Crippen LogP contribution < -0.4 is 4.74 Å². The molecule has 0 radical (unpaired) electrons. The van der Waals surface area contributed by atoms with Crippen LogP contribution in [0.1, 0.15) is 18.4 Å². The van der Waals surface area contributed by atoms with Crippen molar-refractivity contribution in [1.29, 1.82) is 0 Å². The number of esters is 1. The molecule has 0 aliphatic heterocycles. The molecule has 0 aliphatic carbocycles. The lowest BCUT2D eigenvalue weighted by molar-refractivity contribution is -0.140. The lowest BCUT2D eigenvalue weighted by Gasteiger charge is -2.11. The van der Waals surface area contributed by atoms with Gasteiger partial charge in [-0.15, -0.1) is 0 Å². The third-order valence-corrected chi connectivity index (χ3v) is 3.42. The van der Waals surface area contributed by atoms with Gasteiger partial charge < -0.3 is 9.47 Å². The van der Waals surface area contributed by atoms with Crippen molar-refractivity contribution in [1.82, 2.24) is 0 Å². The average Bonchev–Trinajstić information content (AvgIpc) is 2.55. The van der Waals surface area contributed by atoms with E-state index in [4.69, 9.17) is 4.74 Å².